The van der Waals surface area contributed by atoms with E-state index >= 15 is 0 Å². The van der Waals surface area contributed by atoms with Gasteiger partial charge in [0.25, 0.3) is 0 Å². The van der Waals surface area contributed by atoms with Crippen molar-refractivity contribution in [1.82, 2.24) is 9.80 Å². The fourth-order valence-electron chi connectivity index (χ4n) is 4.02. The van der Waals surface area contributed by atoms with E-state index in [-0.39, 0.29) is 11.8 Å². The second kappa shape index (κ2) is 7.71. The third-order valence-electron chi connectivity index (χ3n) is 5.38. The number of nitrogens with zero attached hydrogens (tertiary/aromatic N) is 2. The van der Waals surface area contributed by atoms with E-state index in [1.807, 2.05) is 21.6 Å². The minimum Gasteiger partial charge on any atom is -0.342 e. The lowest BCUT2D eigenvalue weighted by Crippen LogP contribution is -2.49. The van der Waals surface area contributed by atoms with E-state index in [1.165, 1.54) is 32.1 Å². The molecule has 5 heteroatoms. The minimum atomic E-state index is 0.0457. The van der Waals surface area contributed by atoms with Gasteiger partial charge >= 0.3 is 0 Å². The molecule has 124 valence electrons. The van der Waals surface area contributed by atoms with E-state index in [4.69, 9.17) is 0 Å². The number of thioether (sulfide) groups is 1. The standard InChI is InChI=1S/C17H28N2O2S/c20-16-7-6-15(17(21)18-8-10-22-11-9-18)13-19(16)12-14-4-2-1-3-5-14/h14-15H,1-13H2. The van der Waals surface area contributed by atoms with Crippen molar-refractivity contribution in [2.75, 3.05) is 37.7 Å². The van der Waals surface area contributed by atoms with Crippen molar-refractivity contribution >= 4 is 23.6 Å². The van der Waals surface area contributed by atoms with E-state index in [2.05, 4.69) is 0 Å². The van der Waals surface area contributed by atoms with Gasteiger partial charge in [0.2, 0.25) is 11.8 Å². The minimum absolute atomic E-state index is 0.0457. The first kappa shape index (κ1) is 16.2. The van der Waals surface area contributed by atoms with Crippen LogP contribution in [0.2, 0.25) is 0 Å². The summed E-state index contributed by atoms with van der Waals surface area (Å²) in [5, 5.41) is 0. The Labute approximate surface area is 138 Å². The fourth-order valence-corrected chi connectivity index (χ4v) is 4.92. The summed E-state index contributed by atoms with van der Waals surface area (Å²) in [7, 11) is 0. The molecule has 22 heavy (non-hydrogen) atoms. The van der Waals surface area contributed by atoms with Crippen LogP contribution in [0.15, 0.2) is 0 Å². The van der Waals surface area contributed by atoms with E-state index in [9.17, 15) is 9.59 Å². The topological polar surface area (TPSA) is 40.6 Å². The van der Waals surface area contributed by atoms with Gasteiger partial charge in [-0.1, -0.05) is 19.3 Å². The molecule has 1 unspecified atom stereocenters. The lowest BCUT2D eigenvalue weighted by molar-refractivity contribution is -0.143. The highest BCUT2D eigenvalue weighted by molar-refractivity contribution is 7.99. The van der Waals surface area contributed by atoms with Gasteiger partial charge in [-0.2, -0.15) is 11.8 Å². The molecule has 3 rings (SSSR count). The van der Waals surface area contributed by atoms with Crippen molar-refractivity contribution < 1.29 is 9.59 Å². The average molecular weight is 324 g/mol. The van der Waals surface area contributed by atoms with Gasteiger partial charge in [0.1, 0.15) is 0 Å². The zero-order valence-electron chi connectivity index (χ0n) is 13.5. The van der Waals surface area contributed by atoms with Gasteiger partial charge in [-0.15, -0.1) is 0 Å². The maximum Gasteiger partial charge on any atom is 0.227 e. The van der Waals surface area contributed by atoms with Crippen LogP contribution in [0.3, 0.4) is 0 Å². The third-order valence-corrected chi connectivity index (χ3v) is 6.32. The Balaban J connectivity index is 1.55. The van der Waals surface area contributed by atoms with E-state index in [0.717, 1.165) is 37.6 Å². The predicted octanol–water partition coefficient (Wildman–Crippen LogP) is 2.38. The van der Waals surface area contributed by atoms with Gasteiger partial charge in [0, 0.05) is 44.1 Å². The van der Waals surface area contributed by atoms with Crippen LogP contribution in [-0.2, 0) is 9.59 Å². The van der Waals surface area contributed by atoms with Crippen LogP contribution in [0, 0.1) is 11.8 Å². The molecular formula is C17H28N2O2S. The summed E-state index contributed by atoms with van der Waals surface area (Å²) < 4.78 is 0. The van der Waals surface area contributed by atoms with E-state index in [0.29, 0.717) is 24.8 Å². The summed E-state index contributed by atoms with van der Waals surface area (Å²) in [6.07, 6.45) is 7.78. The Morgan fingerprint density at radius 2 is 1.82 bits per heavy atom. The number of hydrogen-bond acceptors (Lipinski definition) is 3. The zero-order valence-corrected chi connectivity index (χ0v) is 14.3. The first-order valence-electron chi connectivity index (χ1n) is 8.88. The Morgan fingerprint density at radius 3 is 2.55 bits per heavy atom. The molecule has 3 fully saturated rings. The molecule has 3 aliphatic rings. The monoisotopic (exact) mass is 324 g/mol. The molecule has 2 saturated heterocycles. The molecule has 0 aromatic heterocycles. The molecule has 2 heterocycles. The van der Waals surface area contributed by atoms with Crippen LogP contribution < -0.4 is 0 Å². The summed E-state index contributed by atoms with van der Waals surface area (Å²) in [5.41, 5.74) is 0. The van der Waals surface area contributed by atoms with Crippen molar-refractivity contribution in [1.29, 1.82) is 0 Å². The number of likely N-dealkylation sites (tertiary alicyclic amines) is 1. The molecule has 4 nitrogen and oxygen atoms in total. The van der Waals surface area contributed by atoms with Gasteiger partial charge in [-0.25, -0.2) is 0 Å². The maximum atomic E-state index is 12.7. The summed E-state index contributed by atoms with van der Waals surface area (Å²) in [6.45, 7) is 3.32. The summed E-state index contributed by atoms with van der Waals surface area (Å²) >= 11 is 1.93. The Hall–Kier alpha value is -0.710. The molecule has 1 aliphatic carbocycles. The Kier molecular flexibility index (Phi) is 5.66. The molecule has 0 spiro atoms. The molecule has 0 N–H and O–H groups in total. The van der Waals surface area contributed by atoms with Gasteiger partial charge in [-0.05, 0) is 25.2 Å². The molecule has 2 amide bonds. The summed E-state index contributed by atoms with van der Waals surface area (Å²) in [4.78, 5) is 28.9. The number of carbonyl (C=O) groups excluding carboxylic acids is 2. The largest absolute Gasteiger partial charge is 0.342 e. The molecule has 0 aromatic rings. The molecule has 0 radical (unpaired) electrons. The quantitative estimate of drug-likeness (QED) is 0.800. The van der Waals surface area contributed by atoms with E-state index < -0.39 is 0 Å². The Morgan fingerprint density at radius 1 is 1.09 bits per heavy atom. The lowest BCUT2D eigenvalue weighted by Gasteiger charge is -2.38. The van der Waals surface area contributed by atoms with Crippen LogP contribution in [0.1, 0.15) is 44.9 Å². The molecule has 0 bridgehead atoms. The highest BCUT2D eigenvalue weighted by Gasteiger charge is 2.34. The summed E-state index contributed by atoms with van der Waals surface area (Å²) in [5.74, 6) is 3.39. The molecular weight excluding hydrogens is 296 g/mol. The van der Waals surface area contributed by atoms with Gasteiger partial charge < -0.3 is 9.80 Å². The molecule has 1 atom stereocenters. The number of carbonyl (C=O) groups is 2. The van der Waals surface area contributed by atoms with Crippen LogP contribution in [0.4, 0.5) is 0 Å². The van der Waals surface area contributed by atoms with Crippen molar-refractivity contribution in [3.63, 3.8) is 0 Å². The van der Waals surface area contributed by atoms with Crippen molar-refractivity contribution in [2.24, 2.45) is 11.8 Å². The fraction of sp³-hybridized carbons (Fsp3) is 0.882. The van der Waals surface area contributed by atoms with Gasteiger partial charge in [0.15, 0.2) is 0 Å². The van der Waals surface area contributed by atoms with Gasteiger partial charge in [0.05, 0.1) is 5.92 Å². The lowest BCUT2D eigenvalue weighted by atomic mass is 9.87. The number of rotatable bonds is 3. The van der Waals surface area contributed by atoms with E-state index in [1.54, 1.807) is 0 Å². The highest BCUT2D eigenvalue weighted by Crippen LogP contribution is 2.27. The maximum absolute atomic E-state index is 12.7. The second-order valence-electron chi connectivity index (χ2n) is 6.98. The number of amides is 2. The number of piperidine rings is 1. The SMILES string of the molecule is O=C1CCC(C(=O)N2CCSCC2)CN1CC1CCCCC1. The molecule has 2 aliphatic heterocycles. The second-order valence-corrected chi connectivity index (χ2v) is 8.20. The van der Waals surface area contributed by atoms with Crippen molar-refractivity contribution in [3.8, 4) is 0 Å². The first-order chi connectivity index (χ1) is 10.7. The van der Waals surface area contributed by atoms with Gasteiger partial charge in [-0.3, -0.25) is 9.59 Å². The normalized spacial score (nSPS) is 28.0. The average Bonchev–Trinajstić information content (AvgIpc) is 2.58. The van der Waals surface area contributed by atoms with Crippen LogP contribution in [0.5, 0.6) is 0 Å². The van der Waals surface area contributed by atoms with Crippen LogP contribution in [-0.4, -0.2) is 59.3 Å². The smallest absolute Gasteiger partial charge is 0.227 e. The van der Waals surface area contributed by atoms with Crippen LogP contribution in [0.25, 0.3) is 0 Å². The predicted molar refractivity (Wildman–Crippen MR) is 89.8 cm³/mol. The first-order valence-corrected chi connectivity index (χ1v) is 10.0. The zero-order chi connectivity index (χ0) is 15.4. The van der Waals surface area contributed by atoms with Crippen LogP contribution >= 0.6 is 11.8 Å². The number of hydrogen-bond donors (Lipinski definition) is 0. The molecule has 1 saturated carbocycles. The highest BCUT2D eigenvalue weighted by atomic mass is 32.2. The van der Waals surface area contributed by atoms with Crippen molar-refractivity contribution in [2.45, 2.75) is 44.9 Å². The molecule has 0 aromatic carbocycles. The van der Waals surface area contributed by atoms with Crippen molar-refractivity contribution in [3.05, 3.63) is 0 Å². The summed E-state index contributed by atoms with van der Waals surface area (Å²) in [6, 6.07) is 0. The third kappa shape index (κ3) is 3.98. The Bertz CT molecular complexity index is 403.